The molecule has 0 N–H and O–H groups in total. The molecule has 0 amide bonds. The lowest BCUT2D eigenvalue weighted by molar-refractivity contribution is 0.440. The maximum absolute atomic E-state index is 13.8. The van der Waals surface area contributed by atoms with Crippen molar-refractivity contribution >= 4 is 33.2 Å². The van der Waals surface area contributed by atoms with Gasteiger partial charge in [0.05, 0.1) is 17.2 Å². The Labute approximate surface area is 128 Å². The molecular weight excluding hydrogens is 347 g/mol. The highest BCUT2D eigenvalue weighted by atomic mass is 79.9. The van der Waals surface area contributed by atoms with Crippen molar-refractivity contribution in [2.24, 2.45) is 0 Å². The van der Waals surface area contributed by atoms with Gasteiger partial charge in [-0.1, -0.05) is 33.6 Å². The van der Waals surface area contributed by atoms with E-state index in [1.807, 2.05) is 6.07 Å². The van der Waals surface area contributed by atoms with Crippen molar-refractivity contribution in [3.05, 3.63) is 62.6 Å². The van der Waals surface area contributed by atoms with Gasteiger partial charge in [0.2, 0.25) is 5.69 Å². The lowest BCUT2D eigenvalue weighted by atomic mass is 10.2. The zero-order valence-corrected chi connectivity index (χ0v) is 12.2. The summed E-state index contributed by atoms with van der Waals surface area (Å²) in [5.74, 6) is -0.594. The predicted molar refractivity (Wildman–Crippen MR) is 76.6 cm³/mol. The smallest absolute Gasteiger partial charge is 0.205 e. The lowest BCUT2D eigenvalue weighted by Crippen LogP contribution is -1.93. The Kier molecular flexibility index (Phi) is 4.24. The van der Waals surface area contributed by atoms with Crippen molar-refractivity contribution in [1.82, 2.24) is 0 Å². The number of halogens is 3. The molecule has 0 spiro atoms. The number of nitriles is 1. The van der Waals surface area contributed by atoms with Crippen molar-refractivity contribution in [1.29, 1.82) is 5.26 Å². The first-order valence-corrected chi connectivity index (χ1v) is 6.46. The molecule has 0 saturated heterocycles. The zero-order valence-electron chi connectivity index (χ0n) is 9.82. The monoisotopic (exact) mass is 350 g/mol. The number of rotatable bonds is 2. The van der Waals surface area contributed by atoms with Gasteiger partial charge in [-0.15, -0.1) is 0 Å². The van der Waals surface area contributed by atoms with Crippen molar-refractivity contribution in [3.8, 4) is 17.6 Å². The molecule has 0 atom stereocenters. The zero-order chi connectivity index (χ0) is 14.7. The van der Waals surface area contributed by atoms with Gasteiger partial charge in [-0.05, 0) is 24.3 Å². The van der Waals surface area contributed by atoms with Crippen LogP contribution in [0.5, 0.6) is 11.5 Å². The summed E-state index contributed by atoms with van der Waals surface area (Å²) in [6, 6.07) is 8.86. The van der Waals surface area contributed by atoms with Gasteiger partial charge in [-0.3, -0.25) is 0 Å². The van der Waals surface area contributed by atoms with Gasteiger partial charge in [0.15, 0.2) is 11.6 Å². The molecule has 2 aromatic carbocycles. The Balaban J connectivity index is 2.43. The molecule has 0 radical (unpaired) electrons. The Morgan fingerprint density at radius 3 is 2.70 bits per heavy atom. The third kappa shape index (κ3) is 2.91. The molecule has 3 nitrogen and oxygen atoms in total. The molecular formula is C14H5BrClFN2O. The molecule has 0 aromatic heterocycles. The third-order valence-corrected chi connectivity index (χ3v) is 3.15. The van der Waals surface area contributed by atoms with E-state index in [0.717, 1.165) is 0 Å². The van der Waals surface area contributed by atoms with Crippen molar-refractivity contribution in [2.75, 3.05) is 0 Å². The van der Waals surface area contributed by atoms with Gasteiger partial charge in [-0.2, -0.15) is 5.26 Å². The molecule has 0 fully saturated rings. The van der Waals surface area contributed by atoms with Crippen molar-refractivity contribution in [2.45, 2.75) is 0 Å². The topological polar surface area (TPSA) is 37.4 Å². The summed E-state index contributed by atoms with van der Waals surface area (Å²) >= 11 is 8.98. The van der Waals surface area contributed by atoms with Crippen LogP contribution in [0.1, 0.15) is 5.56 Å². The Morgan fingerprint density at radius 2 is 2.10 bits per heavy atom. The molecule has 0 heterocycles. The van der Waals surface area contributed by atoms with E-state index in [-0.39, 0.29) is 27.8 Å². The quantitative estimate of drug-likeness (QED) is 0.674. The minimum Gasteiger partial charge on any atom is -0.453 e. The van der Waals surface area contributed by atoms with Crippen LogP contribution in [0, 0.1) is 23.7 Å². The number of hydrogen-bond donors (Lipinski definition) is 0. The summed E-state index contributed by atoms with van der Waals surface area (Å²) < 4.78 is 19.6. The van der Waals surface area contributed by atoms with Crippen LogP contribution in [-0.4, -0.2) is 0 Å². The van der Waals surface area contributed by atoms with E-state index in [4.69, 9.17) is 28.2 Å². The molecule has 2 aromatic rings. The summed E-state index contributed by atoms with van der Waals surface area (Å²) in [6.07, 6.45) is 0. The fraction of sp³-hybridized carbons (Fsp3) is 0. The fourth-order valence-electron chi connectivity index (χ4n) is 1.51. The Hall–Kier alpha value is -2.08. The van der Waals surface area contributed by atoms with E-state index >= 15 is 0 Å². The normalized spacial score (nSPS) is 9.65. The van der Waals surface area contributed by atoms with Gasteiger partial charge in [0.25, 0.3) is 0 Å². The maximum Gasteiger partial charge on any atom is 0.205 e. The van der Waals surface area contributed by atoms with Crippen LogP contribution in [-0.2, 0) is 0 Å². The first-order valence-electron chi connectivity index (χ1n) is 5.29. The maximum atomic E-state index is 13.8. The first-order chi connectivity index (χ1) is 9.55. The second-order valence-electron chi connectivity index (χ2n) is 3.70. The second kappa shape index (κ2) is 5.92. The van der Waals surface area contributed by atoms with Gasteiger partial charge in [-0.25, -0.2) is 9.24 Å². The number of ether oxygens (including phenoxy) is 1. The summed E-state index contributed by atoms with van der Waals surface area (Å²) in [6.45, 7) is 6.89. The number of nitrogens with zero attached hydrogens (tertiary/aromatic N) is 2. The van der Waals surface area contributed by atoms with Crippen LogP contribution >= 0.6 is 27.5 Å². The van der Waals surface area contributed by atoms with Gasteiger partial charge in [0, 0.05) is 4.47 Å². The van der Waals surface area contributed by atoms with E-state index < -0.39 is 5.82 Å². The van der Waals surface area contributed by atoms with Crippen LogP contribution in [0.25, 0.3) is 4.85 Å². The highest BCUT2D eigenvalue weighted by molar-refractivity contribution is 9.10. The number of benzene rings is 2. The van der Waals surface area contributed by atoms with Crippen LogP contribution in [0.3, 0.4) is 0 Å². The molecule has 0 bridgehead atoms. The van der Waals surface area contributed by atoms with E-state index in [1.54, 1.807) is 0 Å². The molecule has 0 saturated carbocycles. The van der Waals surface area contributed by atoms with E-state index in [1.165, 1.54) is 30.3 Å². The molecule has 6 heteroatoms. The average molecular weight is 352 g/mol. The van der Waals surface area contributed by atoms with Crippen LogP contribution in [0.2, 0.25) is 5.02 Å². The molecule has 20 heavy (non-hydrogen) atoms. The molecule has 2 rings (SSSR count). The fourth-order valence-corrected chi connectivity index (χ4v) is 2.15. The van der Waals surface area contributed by atoms with Crippen LogP contribution in [0.15, 0.2) is 34.8 Å². The molecule has 0 aliphatic carbocycles. The second-order valence-corrected chi connectivity index (χ2v) is 5.03. The largest absolute Gasteiger partial charge is 0.453 e. The van der Waals surface area contributed by atoms with E-state index in [9.17, 15) is 4.39 Å². The minimum atomic E-state index is -0.665. The van der Waals surface area contributed by atoms with Crippen molar-refractivity contribution in [3.63, 3.8) is 0 Å². The summed E-state index contributed by atoms with van der Waals surface area (Å²) in [7, 11) is 0. The first kappa shape index (κ1) is 14.3. The SMILES string of the molecule is [C-]#[N+]c1ccc(Oc2c(F)cc(Br)cc2C#N)cc1Cl. The van der Waals surface area contributed by atoms with Crippen LogP contribution in [0.4, 0.5) is 10.1 Å². The molecule has 98 valence electrons. The predicted octanol–water partition coefficient (Wildman–Crippen LogP) is 5.46. The highest BCUT2D eigenvalue weighted by Crippen LogP contribution is 2.34. The number of hydrogen-bond acceptors (Lipinski definition) is 2. The third-order valence-electron chi connectivity index (χ3n) is 2.39. The summed E-state index contributed by atoms with van der Waals surface area (Å²) in [5, 5.41) is 9.20. The van der Waals surface area contributed by atoms with E-state index in [0.29, 0.717) is 4.47 Å². The average Bonchev–Trinajstić information content (AvgIpc) is 2.41. The Bertz CT molecular complexity index is 765. The van der Waals surface area contributed by atoms with Gasteiger partial charge in [0.1, 0.15) is 11.8 Å². The highest BCUT2D eigenvalue weighted by Gasteiger charge is 2.13. The minimum absolute atomic E-state index is 0.0576. The van der Waals surface area contributed by atoms with Crippen molar-refractivity contribution < 1.29 is 9.13 Å². The van der Waals surface area contributed by atoms with Gasteiger partial charge >= 0.3 is 0 Å². The lowest BCUT2D eigenvalue weighted by Gasteiger charge is -2.09. The molecule has 0 unspecified atom stereocenters. The van der Waals surface area contributed by atoms with Gasteiger partial charge < -0.3 is 4.74 Å². The molecule has 0 aliphatic heterocycles. The molecule has 0 aliphatic rings. The van der Waals surface area contributed by atoms with E-state index in [2.05, 4.69) is 20.8 Å². The summed E-state index contributed by atoms with van der Waals surface area (Å²) in [5.41, 5.74) is 0.332. The standard InChI is InChI=1S/C14H5BrClFN2O/c1-19-13-3-2-10(6-11(13)16)20-14-8(7-18)4-9(15)5-12(14)17/h2-6H. The van der Waals surface area contributed by atoms with Crippen LogP contribution < -0.4 is 4.74 Å². The summed E-state index contributed by atoms with van der Waals surface area (Å²) in [4.78, 5) is 3.21. The Morgan fingerprint density at radius 1 is 1.35 bits per heavy atom.